The molecule has 0 aliphatic heterocycles. The minimum atomic E-state index is -0.123. The summed E-state index contributed by atoms with van der Waals surface area (Å²) in [6.07, 6.45) is 17.0. The predicted molar refractivity (Wildman–Crippen MR) is 132 cm³/mol. The Morgan fingerprint density at radius 2 is 1.94 bits per heavy atom. The van der Waals surface area contributed by atoms with Crippen molar-refractivity contribution in [3.63, 3.8) is 0 Å². The molecule has 0 spiro atoms. The zero-order valence-electron chi connectivity index (χ0n) is 20.7. The third kappa shape index (κ3) is 4.07. The first kappa shape index (κ1) is 23.1. The Kier molecular flexibility index (Phi) is 6.18. The molecule has 1 aromatic rings. The number of nitrogens with one attached hydrogen (secondary N) is 1. The Bertz CT molecular complexity index is 898. The number of carbonyl (C=O) groups is 1. The van der Waals surface area contributed by atoms with Gasteiger partial charge in [-0.15, -0.1) is 0 Å². The first-order valence-electron chi connectivity index (χ1n) is 13.4. The molecule has 8 atom stereocenters. The number of amides is 1. The quantitative estimate of drug-likeness (QED) is 0.512. The van der Waals surface area contributed by atoms with Gasteiger partial charge in [0.1, 0.15) is 0 Å². The number of aromatic nitrogens is 1. The Labute approximate surface area is 199 Å². The van der Waals surface area contributed by atoms with E-state index in [2.05, 4.69) is 37.1 Å². The third-order valence-corrected chi connectivity index (χ3v) is 10.6. The third-order valence-electron chi connectivity index (χ3n) is 10.6. The summed E-state index contributed by atoms with van der Waals surface area (Å²) in [5.74, 6) is 3.84. The molecule has 0 radical (unpaired) electrons. The Morgan fingerprint density at radius 1 is 1.15 bits per heavy atom. The van der Waals surface area contributed by atoms with E-state index in [0.717, 1.165) is 55.0 Å². The van der Waals surface area contributed by atoms with Gasteiger partial charge >= 0.3 is 0 Å². The van der Waals surface area contributed by atoms with Crippen LogP contribution in [0.1, 0.15) is 85.0 Å². The minimum absolute atomic E-state index is 0.119. The van der Waals surface area contributed by atoms with Crippen LogP contribution in [0.3, 0.4) is 0 Å². The summed E-state index contributed by atoms with van der Waals surface area (Å²) in [7, 11) is 0. The molecular weight excluding hydrogens is 408 g/mol. The highest BCUT2D eigenvalue weighted by molar-refractivity contribution is 5.90. The van der Waals surface area contributed by atoms with E-state index in [1.165, 1.54) is 32.1 Å². The summed E-state index contributed by atoms with van der Waals surface area (Å²) in [6.45, 7) is 7.50. The molecule has 2 N–H and O–H groups in total. The van der Waals surface area contributed by atoms with Crippen molar-refractivity contribution in [3.8, 4) is 0 Å². The van der Waals surface area contributed by atoms with Crippen LogP contribution in [0.5, 0.6) is 0 Å². The summed E-state index contributed by atoms with van der Waals surface area (Å²) < 4.78 is 0. The number of allylic oxidation sites excluding steroid dienone is 1. The van der Waals surface area contributed by atoms with Gasteiger partial charge in [0, 0.05) is 24.5 Å². The van der Waals surface area contributed by atoms with Crippen molar-refractivity contribution in [1.82, 2.24) is 4.98 Å². The summed E-state index contributed by atoms with van der Waals surface area (Å²) in [6, 6.07) is 3.69. The molecule has 4 aliphatic rings. The van der Waals surface area contributed by atoms with E-state index in [0.29, 0.717) is 23.2 Å². The van der Waals surface area contributed by atoms with Crippen molar-refractivity contribution < 1.29 is 9.90 Å². The number of pyridine rings is 1. The van der Waals surface area contributed by atoms with E-state index in [4.69, 9.17) is 0 Å². The molecule has 0 aromatic carbocycles. The molecule has 1 unspecified atom stereocenters. The van der Waals surface area contributed by atoms with Crippen molar-refractivity contribution in [3.05, 3.63) is 36.2 Å². The molecule has 4 heteroatoms. The molecule has 1 aromatic heterocycles. The molecule has 3 fully saturated rings. The molecular formula is C29H42N2O2. The van der Waals surface area contributed by atoms with E-state index in [-0.39, 0.29) is 12.0 Å². The van der Waals surface area contributed by atoms with E-state index < -0.39 is 0 Å². The maximum atomic E-state index is 12.5. The second kappa shape index (κ2) is 8.83. The van der Waals surface area contributed by atoms with Crippen molar-refractivity contribution in [1.29, 1.82) is 0 Å². The molecule has 33 heavy (non-hydrogen) atoms. The summed E-state index contributed by atoms with van der Waals surface area (Å²) >= 11 is 0. The molecule has 4 nitrogen and oxygen atoms in total. The maximum Gasteiger partial charge on any atom is 0.224 e. The van der Waals surface area contributed by atoms with E-state index in [1.54, 1.807) is 18.0 Å². The second-order valence-electron chi connectivity index (χ2n) is 12.2. The number of nitrogens with zero attached hydrogens (tertiary/aromatic N) is 1. The molecule has 5 rings (SSSR count). The normalized spacial score (nSPS) is 40.7. The van der Waals surface area contributed by atoms with Crippen LogP contribution in [0.25, 0.3) is 0 Å². The zero-order chi connectivity index (χ0) is 23.2. The number of anilines is 1. The molecule has 1 amide bonds. The smallest absolute Gasteiger partial charge is 0.224 e. The van der Waals surface area contributed by atoms with Gasteiger partial charge in [0.2, 0.25) is 5.91 Å². The fourth-order valence-corrected chi connectivity index (χ4v) is 8.84. The van der Waals surface area contributed by atoms with Gasteiger partial charge in [0.25, 0.3) is 0 Å². The number of aliphatic hydroxyl groups excluding tert-OH is 1. The summed E-state index contributed by atoms with van der Waals surface area (Å²) in [4.78, 5) is 16.5. The zero-order valence-corrected chi connectivity index (χ0v) is 20.7. The van der Waals surface area contributed by atoms with Gasteiger partial charge in [-0.05, 0) is 110 Å². The van der Waals surface area contributed by atoms with Gasteiger partial charge in [0.15, 0.2) is 0 Å². The van der Waals surface area contributed by atoms with Crippen molar-refractivity contribution in [2.45, 2.75) is 91.1 Å². The van der Waals surface area contributed by atoms with Crippen LogP contribution in [0, 0.1) is 40.4 Å². The Balaban J connectivity index is 1.24. The van der Waals surface area contributed by atoms with Gasteiger partial charge in [-0.1, -0.05) is 32.4 Å². The predicted octanol–water partition coefficient (Wildman–Crippen LogP) is 6.38. The number of aliphatic hydroxyl groups is 1. The fraction of sp³-hybridized carbons (Fsp3) is 0.724. The minimum Gasteiger partial charge on any atom is -0.393 e. The molecule has 0 saturated heterocycles. The highest BCUT2D eigenvalue weighted by atomic mass is 16.3. The molecule has 180 valence electrons. The lowest BCUT2D eigenvalue weighted by Crippen LogP contribution is -2.50. The van der Waals surface area contributed by atoms with Gasteiger partial charge in [-0.3, -0.25) is 9.78 Å². The number of hydrogen-bond donors (Lipinski definition) is 2. The SMILES string of the molecule is CC(CCC(=O)Nc1ccncc1)[C@H]1CC[C@H]2[C@@H]3CC=C4C[C@@H](O)CC[C@]4(C)[C@H]3CC[C@]12C. The monoisotopic (exact) mass is 450 g/mol. The maximum absolute atomic E-state index is 12.5. The van der Waals surface area contributed by atoms with E-state index in [9.17, 15) is 9.90 Å². The Hall–Kier alpha value is -1.68. The lowest BCUT2D eigenvalue weighted by molar-refractivity contribution is -0.116. The van der Waals surface area contributed by atoms with Crippen LogP contribution < -0.4 is 5.32 Å². The lowest BCUT2D eigenvalue weighted by atomic mass is 9.47. The van der Waals surface area contributed by atoms with Crippen LogP contribution in [-0.2, 0) is 4.79 Å². The van der Waals surface area contributed by atoms with Crippen LogP contribution in [0.2, 0.25) is 0 Å². The van der Waals surface area contributed by atoms with Gasteiger partial charge in [-0.2, -0.15) is 0 Å². The number of fused-ring (bicyclic) bond motifs is 5. The molecule has 0 bridgehead atoms. The highest BCUT2D eigenvalue weighted by Crippen LogP contribution is 2.67. The van der Waals surface area contributed by atoms with Crippen LogP contribution in [0.15, 0.2) is 36.2 Å². The van der Waals surface area contributed by atoms with E-state index >= 15 is 0 Å². The van der Waals surface area contributed by atoms with Crippen molar-refractivity contribution in [2.75, 3.05) is 5.32 Å². The lowest BCUT2D eigenvalue weighted by Gasteiger charge is -2.58. The summed E-state index contributed by atoms with van der Waals surface area (Å²) in [5.41, 5.74) is 3.13. The standard InChI is InChI=1S/C29H42N2O2/c1-19(4-9-27(33)31-21-12-16-30-17-13-21)24-7-8-25-23-6-5-20-18-22(32)10-14-28(20,2)26(23)11-15-29(24,25)3/h5,12-13,16-17,19,22-26,32H,4,6-11,14-15,18H2,1-3H3,(H,30,31,33)/t19?,22-,23-,24+,25-,26-,28-,29+/m0/s1. The molecule has 1 heterocycles. The number of carbonyl (C=O) groups excluding carboxylic acids is 1. The fourth-order valence-electron chi connectivity index (χ4n) is 8.84. The second-order valence-corrected chi connectivity index (χ2v) is 12.2. The van der Waals surface area contributed by atoms with Crippen molar-refractivity contribution >= 4 is 11.6 Å². The topological polar surface area (TPSA) is 62.2 Å². The van der Waals surface area contributed by atoms with E-state index in [1.807, 2.05) is 12.1 Å². The average Bonchev–Trinajstić information content (AvgIpc) is 3.16. The van der Waals surface area contributed by atoms with Crippen LogP contribution in [0.4, 0.5) is 5.69 Å². The van der Waals surface area contributed by atoms with Gasteiger partial charge in [0.05, 0.1) is 6.10 Å². The highest BCUT2D eigenvalue weighted by Gasteiger charge is 2.59. The number of hydrogen-bond acceptors (Lipinski definition) is 3. The number of rotatable bonds is 5. The largest absolute Gasteiger partial charge is 0.393 e. The Morgan fingerprint density at radius 3 is 2.73 bits per heavy atom. The van der Waals surface area contributed by atoms with Crippen LogP contribution in [-0.4, -0.2) is 22.1 Å². The van der Waals surface area contributed by atoms with Crippen molar-refractivity contribution in [2.24, 2.45) is 40.4 Å². The summed E-state index contributed by atoms with van der Waals surface area (Å²) in [5, 5.41) is 13.3. The van der Waals surface area contributed by atoms with Crippen LogP contribution >= 0.6 is 0 Å². The molecule has 3 saturated carbocycles. The average molecular weight is 451 g/mol. The molecule has 4 aliphatic carbocycles. The first-order chi connectivity index (χ1) is 15.8. The first-order valence-corrected chi connectivity index (χ1v) is 13.4. The van der Waals surface area contributed by atoms with Gasteiger partial charge in [-0.25, -0.2) is 0 Å². The van der Waals surface area contributed by atoms with Gasteiger partial charge < -0.3 is 10.4 Å².